The monoisotopic (exact) mass is 458 g/mol. The second kappa shape index (κ2) is 11.0. The zero-order chi connectivity index (χ0) is 23.0. The van der Waals surface area contributed by atoms with Crippen LogP contribution < -0.4 is 9.47 Å². The van der Waals surface area contributed by atoms with Gasteiger partial charge < -0.3 is 14.2 Å². The third-order valence-electron chi connectivity index (χ3n) is 5.15. The molecule has 0 aliphatic carbocycles. The van der Waals surface area contributed by atoms with Crippen LogP contribution in [0.5, 0.6) is 11.5 Å². The molecule has 0 spiro atoms. The van der Waals surface area contributed by atoms with Gasteiger partial charge in [0.2, 0.25) is 10.0 Å². The Morgan fingerprint density at radius 2 is 1.72 bits per heavy atom. The second-order valence-corrected chi connectivity index (χ2v) is 9.21. The van der Waals surface area contributed by atoms with Gasteiger partial charge in [-0.1, -0.05) is 12.8 Å². The van der Waals surface area contributed by atoms with Gasteiger partial charge in [0.25, 0.3) is 0 Å². The normalized spacial score (nSPS) is 14.8. The first kappa shape index (κ1) is 23.6. The molecule has 3 rings (SSSR count). The molecular formula is C23H26N2O6S. The van der Waals surface area contributed by atoms with E-state index in [4.69, 9.17) is 19.5 Å². The molecule has 1 fully saturated rings. The highest BCUT2D eigenvalue weighted by atomic mass is 32.2. The average Bonchev–Trinajstić information content (AvgIpc) is 3.12. The molecule has 0 amide bonds. The number of ether oxygens (including phenoxy) is 3. The molecule has 0 N–H and O–H groups in total. The number of carbonyl (C=O) groups excluding carboxylic acids is 1. The molecule has 9 heteroatoms. The van der Waals surface area contributed by atoms with Gasteiger partial charge in [0, 0.05) is 13.1 Å². The zero-order valence-corrected chi connectivity index (χ0v) is 18.8. The van der Waals surface area contributed by atoms with Crippen molar-refractivity contribution < 1.29 is 27.4 Å². The van der Waals surface area contributed by atoms with Crippen molar-refractivity contribution in [1.29, 1.82) is 5.26 Å². The Labute approximate surface area is 188 Å². The molecule has 0 unspecified atom stereocenters. The lowest BCUT2D eigenvalue weighted by atomic mass is 10.2. The van der Waals surface area contributed by atoms with Crippen LogP contribution in [0.25, 0.3) is 0 Å². The fourth-order valence-electron chi connectivity index (χ4n) is 3.43. The molecule has 2 aromatic carbocycles. The third-order valence-corrected chi connectivity index (χ3v) is 7.07. The Morgan fingerprint density at radius 3 is 2.34 bits per heavy atom. The van der Waals surface area contributed by atoms with Crippen molar-refractivity contribution >= 4 is 16.0 Å². The topological polar surface area (TPSA) is 106 Å². The number of benzene rings is 2. The first-order chi connectivity index (χ1) is 15.5. The van der Waals surface area contributed by atoms with Crippen LogP contribution in [0.3, 0.4) is 0 Å². The average molecular weight is 459 g/mol. The first-order valence-corrected chi connectivity index (χ1v) is 11.9. The highest BCUT2D eigenvalue weighted by Gasteiger charge is 2.29. The molecular weight excluding hydrogens is 432 g/mol. The summed E-state index contributed by atoms with van der Waals surface area (Å²) < 4.78 is 43.9. The van der Waals surface area contributed by atoms with Gasteiger partial charge in [-0.05, 0) is 55.3 Å². The molecule has 0 saturated carbocycles. The second-order valence-electron chi connectivity index (χ2n) is 7.30. The first-order valence-electron chi connectivity index (χ1n) is 10.4. The van der Waals surface area contributed by atoms with E-state index >= 15 is 0 Å². The summed E-state index contributed by atoms with van der Waals surface area (Å²) in [7, 11) is -2.40. The van der Waals surface area contributed by atoms with Crippen LogP contribution in [0.2, 0.25) is 0 Å². The van der Waals surface area contributed by atoms with Crippen molar-refractivity contribution in [3.8, 4) is 17.6 Å². The Kier molecular flexibility index (Phi) is 8.09. The Bertz CT molecular complexity index is 1070. The Balaban J connectivity index is 1.65. The van der Waals surface area contributed by atoms with Gasteiger partial charge in [0.15, 0.2) is 0 Å². The lowest BCUT2D eigenvalue weighted by molar-refractivity contribution is 0.0450. The molecule has 8 nitrogen and oxygen atoms in total. The van der Waals surface area contributed by atoms with Crippen molar-refractivity contribution in [2.45, 2.75) is 30.6 Å². The number of hydrogen-bond acceptors (Lipinski definition) is 7. The molecule has 0 bridgehead atoms. The van der Waals surface area contributed by atoms with Crippen molar-refractivity contribution in [3.05, 3.63) is 53.6 Å². The smallest absolute Gasteiger partial charge is 0.338 e. The standard InChI is InChI=1S/C23H26N2O6S/c1-29-21-11-8-19(16-22(21)32(27,28)25-12-4-2-3-5-13-25)23(26)31-15-14-30-20-9-6-18(17-24)7-10-20/h6-11,16H,2-5,12-15H2,1H3. The van der Waals surface area contributed by atoms with Crippen LogP contribution in [-0.2, 0) is 14.8 Å². The quantitative estimate of drug-likeness (QED) is 0.441. The summed E-state index contributed by atoms with van der Waals surface area (Å²) in [4.78, 5) is 12.4. The van der Waals surface area contributed by atoms with Gasteiger partial charge in [-0.15, -0.1) is 0 Å². The maximum atomic E-state index is 13.2. The van der Waals surface area contributed by atoms with Crippen LogP contribution in [-0.4, -0.2) is 52.1 Å². The lowest BCUT2D eigenvalue weighted by Gasteiger charge is -2.21. The molecule has 1 heterocycles. The van der Waals surface area contributed by atoms with E-state index in [2.05, 4.69) is 0 Å². The van der Waals surface area contributed by atoms with E-state index in [0.717, 1.165) is 25.7 Å². The molecule has 0 aromatic heterocycles. The molecule has 0 radical (unpaired) electrons. The largest absolute Gasteiger partial charge is 0.495 e. The minimum atomic E-state index is -3.80. The number of rotatable bonds is 8. The van der Waals surface area contributed by atoms with E-state index in [9.17, 15) is 13.2 Å². The van der Waals surface area contributed by atoms with Gasteiger partial charge >= 0.3 is 5.97 Å². The minimum Gasteiger partial charge on any atom is -0.495 e. The molecule has 0 atom stereocenters. The minimum absolute atomic E-state index is 0.0148. The van der Waals surface area contributed by atoms with Crippen molar-refractivity contribution in [2.24, 2.45) is 0 Å². The summed E-state index contributed by atoms with van der Waals surface area (Å²) in [6, 6.07) is 12.8. The van der Waals surface area contributed by atoms with Crippen molar-refractivity contribution in [3.63, 3.8) is 0 Å². The SMILES string of the molecule is COc1ccc(C(=O)OCCOc2ccc(C#N)cc2)cc1S(=O)(=O)N1CCCCCC1. The highest BCUT2D eigenvalue weighted by molar-refractivity contribution is 7.89. The summed E-state index contributed by atoms with van der Waals surface area (Å²) in [6.07, 6.45) is 3.62. The fourth-order valence-corrected chi connectivity index (χ4v) is 5.13. The molecule has 170 valence electrons. The van der Waals surface area contributed by atoms with Crippen LogP contribution >= 0.6 is 0 Å². The van der Waals surface area contributed by atoms with Crippen LogP contribution in [0.1, 0.15) is 41.6 Å². The number of hydrogen-bond donors (Lipinski definition) is 0. The van der Waals surface area contributed by atoms with Gasteiger partial charge in [-0.25, -0.2) is 13.2 Å². The molecule has 2 aromatic rings. The number of sulfonamides is 1. The number of methoxy groups -OCH3 is 1. The van der Waals surface area contributed by atoms with Gasteiger partial charge in [0.05, 0.1) is 24.3 Å². The van der Waals surface area contributed by atoms with Gasteiger partial charge in [-0.2, -0.15) is 9.57 Å². The van der Waals surface area contributed by atoms with E-state index in [1.807, 2.05) is 6.07 Å². The van der Waals surface area contributed by atoms with Crippen LogP contribution in [0, 0.1) is 11.3 Å². The summed E-state index contributed by atoms with van der Waals surface area (Å²) in [5.74, 6) is 0.0914. The van der Waals surface area contributed by atoms with Gasteiger partial charge in [-0.3, -0.25) is 0 Å². The van der Waals surface area contributed by atoms with Crippen molar-refractivity contribution in [1.82, 2.24) is 4.31 Å². The molecule has 1 aliphatic rings. The van der Waals surface area contributed by atoms with Crippen molar-refractivity contribution in [2.75, 3.05) is 33.4 Å². The Morgan fingerprint density at radius 1 is 1.03 bits per heavy atom. The number of carbonyl (C=O) groups is 1. The zero-order valence-electron chi connectivity index (χ0n) is 18.0. The summed E-state index contributed by atoms with van der Waals surface area (Å²) in [5.41, 5.74) is 0.645. The summed E-state index contributed by atoms with van der Waals surface area (Å²) in [6.45, 7) is 1.01. The molecule has 1 saturated heterocycles. The van der Waals surface area contributed by atoms with E-state index in [0.29, 0.717) is 24.4 Å². The third kappa shape index (κ3) is 5.78. The van der Waals surface area contributed by atoms with Gasteiger partial charge in [0.1, 0.15) is 29.6 Å². The number of nitrogens with zero attached hydrogens (tertiary/aromatic N) is 2. The maximum absolute atomic E-state index is 13.2. The number of esters is 1. The molecule has 1 aliphatic heterocycles. The lowest BCUT2D eigenvalue weighted by Crippen LogP contribution is -2.32. The van der Waals surface area contributed by atoms with E-state index in [1.165, 1.54) is 29.6 Å². The number of nitriles is 1. The summed E-state index contributed by atoms with van der Waals surface area (Å²) >= 11 is 0. The Hall–Kier alpha value is -3.09. The summed E-state index contributed by atoms with van der Waals surface area (Å²) in [5, 5.41) is 8.80. The van der Waals surface area contributed by atoms with Crippen LogP contribution in [0.4, 0.5) is 0 Å². The molecule has 32 heavy (non-hydrogen) atoms. The predicted molar refractivity (Wildman–Crippen MR) is 117 cm³/mol. The van der Waals surface area contributed by atoms with E-state index < -0.39 is 16.0 Å². The van der Waals surface area contributed by atoms with E-state index in [1.54, 1.807) is 24.3 Å². The highest BCUT2D eigenvalue weighted by Crippen LogP contribution is 2.29. The van der Waals surface area contributed by atoms with Crippen LogP contribution in [0.15, 0.2) is 47.4 Å². The fraction of sp³-hybridized carbons (Fsp3) is 0.391. The van der Waals surface area contributed by atoms with E-state index in [-0.39, 0.29) is 29.4 Å². The maximum Gasteiger partial charge on any atom is 0.338 e. The predicted octanol–water partition coefficient (Wildman–Crippen LogP) is 3.37.